The Morgan fingerprint density at radius 3 is 2.59 bits per heavy atom. The predicted molar refractivity (Wildman–Crippen MR) is 57.3 cm³/mol. The van der Waals surface area contributed by atoms with Gasteiger partial charge in [0.1, 0.15) is 0 Å². The summed E-state index contributed by atoms with van der Waals surface area (Å²) in [4.78, 5) is 2.02. The van der Waals surface area contributed by atoms with Gasteiger partial charge in [0, 0.05) is 32.2 Å². The summed E-state index contributed by atoms with van der Waals surface area (Å²) in [6.45, 7) is 2.18. The van der Waals surface area contributed by atoms with Crippen molar-refractivity contribution in [2.75, 3.05) is 19.7 Å². The average molecular weight is 245 g/mol. The van der Waals surface area contributed by atoms with E-state index in [1.54, 1.807) is 6.07 Å². The normalized spacial score (nSPS) is 18.1. The first-order valence-electron chi connectivity index (χ1n) is 5.48. The number of rotatable bonds is 3. The summed E-state index contributed by atoms with van der Waals surface area (Å²) in [6.07, 6.45) is -4.28. The molecule has 1 aromatic carbocycles. The highest BCUT2D eigenvalue weighted by Gasteiger charge is 2.31. The fourth-order valence-electron chi connectivity index (χ4n) is 2.03. The average Bonchev–Trinajstić information content (AvgIpc) is 2.22. The van der Waals surface area contributed by atoms with Crippen LogP contribution in [0.3, 0.4) is 0 Å². The monoisotopic (exact) mass is 245 g/mol. The highest BCUT2D eigenvalue weighted by atomic mass is 19.4. The Balaban J connectivity index is 1.98. The molecule has 0 unspecified atom stereocenters. The van der Waals surface area contributed by atoms with Crippen molar-refractivity contribution in [3.05, 3.63) is 35.4 Å². The van der Waals surface area contributed by atoms with Crippen LogP contribution in [0.15, 0.2) is 24.3 Å². The summed E-state index contributed by atoms with van der Waals surface area (Å²) in [5.74, 6) is 0.279. The molecule has 0 aliphatic carbocycles. The summed E-state index contributed by atoms with van der Waals surface area (Å²) in [7, 11) is 0. The van der Waals surface area contributed by atoms with Crippen LogP contribution in [0, 0.1) is 5.92 Å². The molecule has 1 N–H and O–H groups in total. The van der Waals surface area contributed by atoms with Gasteiger partial charge < -0.3 is 5.11 Å². The zero-order chi connectivity index (χ0) is 12.5. The van der Waals surface area contributed by atoms with Crippen molar-refractivity contribution in [1.82, 2.24) is 4.90 Å². The Hall–Kier alpha value is -1.07. The second-order valence-electron chi connectivity index (χ2n) is 4.44. The van der Waals surface area contributed by atoms with Crippen LogP contribution >= 0.6 is 0 Å². The third-order valence-electron chi connectivity index (χ3n) is 2.95. The van der Waals surface area contributed by atoms with Crippen LogP contribution in [-0.2, 0) is 12.7 Å². The lowest BCUT2D eigenvalue weighted by atomic mass is 10.00. The van der Waals surface area contributed by atoms with Gasteiger partial charge in [-0.05, 0) is 11.6 Å². The van der Waals surface area contributed by atoms with Gasteiger partial charge in [0.15, 0.2) is 0 Å². The van der Waals surface area contributed by atoms with Gasteiger partial charge in [-0.1, -0.05) is 18.2 Å². The molecule has 0 saturated carbocycles. The first-order chi connectivity index (χ1) is 7.99. The van der Waals surface area contributed by atoms with Gasteiger partial charge in [-0.15, -0.1) is 0 Å². The number of aliphatic hydroxyl groups excluding tert-OH is 1. The number of aliphatic hydroxyl groups is 1. The van der Waals surface area contributed by atoms with Crippen LogP contribution in [0.2, 0.25) is 0 Å². The van der Waals surface area contributed by atoms with Crippen LogP contribution in [-0.4, -0.2) is 29.7 Å². The molecule has 94 valence electrons. The number of benzene rings is 1. The van der Waals surface area contributed by atoms with Gasteiger partial charge in [0.2, 0.25) is 0 Å². The highest BCUT2D eigenvalue weighted by molar-refractivity contribution is 5.25. The molecule has 1 aliphatic heterocycles. The summed E-state index contributed by atoms with van der Waals surface area (Å²) >= 11 is 0. The number of nitrogens with zero attached hydrogens (tertiary/aromatic N) is 1. The van der Waals surface area contributed by atoms with E-state index in [1.165, 1.54) is 12.1 Å². The van der Waals surface area contributed by atoms with E-state index >= 15 is 0 Å². The summed E-state index contributed by atoms with van der Waals surface area (Å²) in [5.41, 5.74) is 0.0606. The molecule has 1 heterocycles. The van der Waals surface area contributed by atoms with Crippen LogP contribution in [0.5, 0.6) is 0 Å². The molecular weight excluding hydrogens is 231 g/mol. The number of hydrogen-bond donors (Lipinski definition) is 1. The third kappa shape index (κ3) is 2.98. The van der Waals surface area contributed by atoms with Gasteiger partial charge in [-0.3, -0.25) is 4.90 Å². The molecule has 0 aromatic heterocycles. The molecule has 0 atom stereocenters. The standard InChI is InChI=1S/C12H14F3NO/c13-12(14,15)11-3-1-2-9(4-11)5-16-6-10(7-16)8-17/h1-4,10,17H,5-8H2. The molecule has 1 saturated heterocycles. The zero-order valence-electron chi connectivity index (χ0n) is 9.24. The van der Waals surface area contributed by atoms with Gasteiger partial charge >= 0.3 is 6.18 Å². The van der Waals surface area contributed by atoms with Crippen molar-refractivity contribution in [1.29, 1.82) is 0 Å². The Bertz CT molecular complexity index is 386. The van der Waals surface area contributed by atoms with Crippen molar-refractivity contribution in [2.24, 2.45) is 5.92 Å². The molecule has 2 nitrogen and oxygen atoms in total. The fraction of sp³-hybridized carbons (Fsp3) is 0.500. The topological polar surface area (TPSA) is 23.5 Å². The number of likely N-dealkylation sites (tertiary alicyclic amines) is 1. The van der Waals surface area contributed by atoms with E-state index in [0.717, 1.165) is 19.2 Å². The quantitative estimate of drug-likeness (QED) is 0.881. The van der Waals surface area contributed by atoms with Gasteiger partial charge in [-0.2, -0.15) is 13.2 Å². The number of hydrogen-bond acceptors (Lipinski definition) is 2. The molecule has 1 fully saturated rings. The SMILES string of the molecule is OCC1CN(Cc2cccc(C(F)(F)F)c2)C1. The lowest BCUT2D eigenvalue weighted by Crippen LogP contribution is -2.47. The van der Waals surface area contributed by atoms with Crippen LogP contribution in [0.25, 0.3) is 0 Å². The van der Waals surface area contributed by atoms with Crippen molar-refractivity contribution in [3.63, 3.8) is 0 Å². The molecule has 0 radical (unpaired) electrons. The van der Waals surface area contributed by atoms with Crippen molar-refractivity contribution >= 4 is 0 Å². The summed E-state index contributed by atoms with van der Waals surface area (Å²) in [5, 5.41) is 8.85. The first-order valence-corrected chi connectivity index (χ1v) is 5.48. The maximum absolute atomic E-state index is 12.5. The van der Waals surface area contributed by atoms with Crippen LogP contribution < -0.4 is 0 Å². The lowest BCUT2D eigenvalue weighted by molar-refractivity contribution is -0.137. The van der Waals surface area contributed by atoms with E-state index in [9.17, 15) is 13.2 Å². The molecule has 0 spiro atoms. The summed E-state index contributed by atoms with van der Waals surface area (Å²) in [6, 6.07) is 5.39. The maximum Gasteiger partial charge on any atom is 0.416 e. The zero-order valence-corrected chi connectivity index (χ0v) is 9.24. The van der Waals surface area contributed by atoms with Crippen LogP contribution in [0.4, 0.5) is 13.2 Å². The van der Waals surface area contributed by atoms with Crippen LogP contribution in [0.1, 0.15) is 11.1 Å². The molecule has 0 bridgehead atoms. The molecule has 1 aromatic rings. The summed E-state index contributed by atoms with van der Waals surface area (Å²) < 4.78 is 37.4. The van der Waals surface area contributed by atoms with E-state index in [0.29, 0.717) is 12.1 Å². The first kappa shape index (κ1) is 12.4. The smallest absolute Gasteiger partial charge is 0.396 e. The molecule has 2 rings (SSSR count). The minimum absolute atomic E-state index is 0.152. The van der Waals surface area contributed by atoms with Gasteiger partial charge in [0.05, 0.1) is 5.56 Å². The number of halogens is 3. The van der Waals surface area contributed by atoms with E-state index < -0.39 is 11.7 Å². The fourth-order valence-corrected chi connectivity index (χ4v) is 2.03. The second kappa shape index (κ2) is 4.66. The van der Waals surface area contributed by atoms with E-state index in [2.05, 4.69) is 0 Å². The third-order valence-corrected chi connectivity index (χ3v) is 2.95. The van der Waals surface area contributed by atoms with E-state index in [1.807, 2.05) is 4.90 Å². The minimum atomic E-state index is -4.28. The van der Waals surface area contributed by atoms with E-state index in [4.69, 9.17) is 5.11 Å². The predicted octanol–water partition coefficient (Wildman–Crippen LogP) is 2.13. The molecule has 17 heavy (non-hydrogen) atoms. The van der Waals surface area contributed by atoms with E-state index in [-0.39, 0.29) is 12.5 Å². The maximum atomic E-state index is 12.5. The molecular formula is C12H14F3NO. The molecule has 1 aliphatic rings. The lowest BCUT2D eigenvalue weighted by Gasteiger charge is -2.38. The minimum Gasteiger partial charge on any atom is -0.396 e. The van der Waals surface area contributed by atoms with Crippen molar-refractivity contribution in [2.45, 2.75) is 12.7 Å². The Morgan fingerprint density at radius 2 is 2.00 bits per heavy atom. The Labute approximate surface area is 97.7 Å². The number of alkyl halides is 3. The van der Waals surface area contributed by atoms with Gasteiger partial charge in [0.25, 0.3) is 0 Å². The second-order valence-corrected chi connectivity index (χ2v) is 4.44. The van der Waals surface area contributed by atoms with Gasteiger partial charge in [-0.25, -0.2) is 0 Å². The van der Waals surface area contributed by atoms with Crippen molar-refractivity contribution in [3.8, 4) is 0 Å². The highest BCUT2D eigenvalue weighted by Crippen LogP contribution is 2.30. The van der Waals surface area contributed by atoms with Crippen molar-refractivity contribution < 1.29 is 18.3 Å². The molecule has 0 amide bonds. The Morgan fingerprint density at radius 1 is 1.29 bits per heavy atom. The largest absolute Gasteiger partial charge is 0.416 e. The molecule has 5 heteroatoms. The Kier molecular flexibility index (Phi) is 3.40.